The molecular formula is C61H43F2N3. The highest BCUT2D eigenvalue weighted by Gasteiger charge is 2.46. The zero-order valence-corrected chi connectivity index (χ0v) is 35.9. The van der Waals surface area contributed by atoms with E-state index in [1.165, 1.54) is 24.3 Å². The van der Waals surface area contributed by atoms with Crippen molar-refractivity contribution in [2.45, 2.75) is 5.41 Å². The lowest BCUT2D eigenvalue weighted by atomic mass is 9.67. The average molecular weight is 856 g/mol. The summed E-state index contributed by atoms with van der Waals surface area (Å²) in [5.41, 5.74) is 14.2. The van der Waals surface area contributed by atoms with Crippen LogP contribution in [0.2, 0.25) is 0 Å². The van der Waals surface area contributed by atoms with Crippen LogP contribution in [-0.4, -0.2) is 0 Å². The summed E-state index contributed by atoms with van der Waals surface area (Å²) in [7, 11) is 0. The number of fused-ring (bicyclic) bond motifs is 3. The predicted octanol–water partition coefficient (Wildman–Crippen LogP) is 16.7. The highest BCUT2D eigenvalue weighted by Crippen LogP contribution is 2.57. The molecule has 0 saturated carbocycles. The van der Waals surface area contributed by atoms with E-state index >= 15 is 0 Å². The molecule has 0 aliphatic heterocycles. The molecule has 5 heteroatoms. The smallest absolute Gasteiger partial charge is 0.123 e. The molecule has 0 atom stereocenters. The molecule has 1 aliphatic rings. The van der Waals surface area contributed by atoms with Gasteiger partial charge in [0.2, 0.25) is 0 Å². The zero-order chi connectivity index (χ0) is 44.5. The van der Waals surface area contributed by atoms with Crippen molar-refractivity contribution >= 4 is 51.2 Å². The number of para-hydroxylation sites is 4. The van der Waals surface area contributed by atoms with Gasteiger partial charge in [-0.2, -0.15) is 0 Å². The molecule has 3 nitrogen and oxygen atoms in total. The minimum atomic E-state index is -0.839. The van der Waals surface area contributed by atoms with E-state index in [4.69, 9.17) is 0 Å². The first-order chi connectivity index (χ1) is 32.6. The summed E-state index contributed by atoms with van der Waals surface area (Å²) in [6.07, 6.45) is 0. The van der Waals surface area contributed by atoms with Crippen LogP contribution in [0.25, 0.3) is 11.1 Å². The van der Waals surface area contributed by atoms with Crippen molar-refractivity contribution in [3.05, 3.63) is 295 Å². The van der Waals surface area contributed by atoms with Gasteiger partial charge in [0.25, 0.3) is 0 Å². The Labute approximate surface area is 384 Å². The summed E-state index contributed by atoms with van der Waals surface area (Å²) in [6, 6.07) is 87.8. The summed E-state index contributed by atoms with van der Waals surface area (Å²) >= 11 is 0. The van der Waals surface area contributed by atoms with Gasteiger partial charge >= 0.3 is 0 Å². The fourth-order valence-electron chi connectivity index (χ4n) is 9.79. The van der Waals surface area contributed by atoms with Crippen LogP contribution in [0.15, 0.2) is 261 Å². The first kappa shape index (κ1) is 40.2. The predicted molar refractivity (Wildman–Crippen MR) is 268 cm³/mol. The number of halogens is 2. The molecule has 0 aromatic heterocycles. The Morgan fingerprint density at radius 3 is 0.970 bits per heavy atom. The van der Waals surface area contributed by atoms with E-state index in [1.54, 1.807) is 0 Å². The molecule has 0 saturated heterocycles. The van der Waals surface area contributed by atoms with Gasteiger partial charge in [0.15, 0.2) is 0 Å². The zero-order valence-electron chi connectivity index (χ0n) is 35.9. The molecule has 66 heavy (non-hydrogen) atoms. The molecule has 0 heterocycles. The van der Waals surface area contributed by atoms with Crippen LogP contribution in [-0.2, 0) is 5.41 Å². The van der Waals surface area contributed by atoms with Crippen molar-refractivity contribution in [1.29, 1.82) is 0 Å². The SMILES string of the molecule is Fc1ccc(C2(c3ccc(F)cc3)c3ccccc3-c3cc(N(c4cccc(N(c5ccccc5)c5ccccc5)c4)c4cccc(N(c5ccccc5)c5ccccc5)c4)ccc32)cc1. The summed E-state index contributed by atoms with van der Waals surface area (Å²) < 4.78 is 29.4. The van der Waals surface area contributed by atoms with Crippen LogP contribution in [0.4, 0.5) is 60.0 Å². The lowest BCUT2D eigenvalue weighted by Gasteiger charge is -2.34. The molecule has 0 amide bonds. The Kier molecular flexibility index (Phi) is 10.5. The molecule has 1 aliphatic carbocycles. The lowest BCUT2D eigenvalue weighted by molar-refractivity contribution is 0.622. The Balaban J connectivity index is 1.14. The molecule has 11 rings (SSSR count). The molecule has 0 N–H and O–H groups in total. The topological polar surface area (TPSA) is 9.72 Å². The molecule has 0 radical (unpaired) electrons. The maximum atomic E-state index is 14.7. The summed E-state index contributed by atoms with van der Waals surface area (Å²) in [5.74, 6) is -0.627. The number of hydrogen-bond donors (Lipinski definition) is 0. The second kappa shape index (κ2) is 17.2. The highest BCUT2D eigenvalue weighted by molar-refractivity contribution is 5.92. The molecule has 0 fully saturated rings. The summed E-state index contributed by atoms with van der Waals surface area (Å²) in [5, 5.41) is 0. The third-order valence-corrected chi connectivity index (χ3v) is 12.6. The number of nitrogens with zero attached hydrogens (tertiary/aromatic N) is 3. The maximum Gasteiger partial charge on any atom is 0.123 e. The minimum absolute atomic E-state index is 0.314. The van der Waals surface area contributed by atoms with E-state index in [9.17, 15) is 8.78 Å². The van der Waals surface area contributed by atoms with Crippen LogP contribution in [0.5, 0.6) is 0 Å². The van der Waals surface area contributed by atoms with E-state index in [1.807, 2.05) is 54.6 Å². The van der Waals surface area contributed by atoms with Gasteiger partial charge in [0.1, 0.15) is 11.6 Å². The molecular weight excluding hydrogens is 813 g/mol. The Morgan fingerprint density at radius 2 is 0.561 bits per heavy atom. The second-order valence-electron chi connectivity index (χ2n) is 16.4. The van der Waals surface area contributed by atoms with Crippen LogP contribution in [0, 0.1) is 11.6 Å². The van der Waals surface area contributed by atoms with Crippen molar-refractivity contribution in [1.82, 2.24) is 0 Å². The fourth-order valence-corrected chi connectivity index (χ4v) is 9.79. The number of anilines is 9. The maximum absolute atomic E-state index is 14.7. The quantitative estimate of drug-likeness (QED) is 0.128. The average Bonchev–Trinajstić information content (AvgIpc) is 3.67. The normalized spacial score (nSPS) is 12.2. The largest absolute Gasteiger partial charge is 0.310 e. The first-order valence-electron chi connectivity index (χ1n) is 22.1. The van der Waals surface area contributed by atoms with E-state index in [0.717, 1.165) is 84.6 Å². The summed E-state index contributed by atoms with van der Waals surface area (Å²) in [4.78, 5) is 6.89. The number of hydrogen-bond acceptors (Lipinski definition) is 3. The van der Waals surface area contributed by atoms with Crippen molar-refractivity contribution < 1.29 is 8.78 Å². The third-order valence-electron chi connectivity index (χ3n) is 12.6. The van der Waals surface area contributed by atoms with Gasteiger partial charge in [-0.1, -0.05) is 140 Å². The van der Waals surface area contributed by atoms with Crippen LogP contribution in [0.3, 0.4) is 0 Å². The molecule has 316 valence electrons. The van der Waals surface area contributed by atoms with Crippen molar-refractivity contribution in [3.8, 4) is 11.1 Å². The van der Waals surface area contributed by atoms with Crippen molar-refractivity contribution in [3.63, 3.8) is 0 Å². The van der Waals surface area contributed by atoms with E-state index in [0.29, 0.717) is 0 Å². The molecule has 0 spiro atoms. The van der Waals surface area contributed by atoms with Gasteiger partial charge < -0.3 is 14.7 Å². The van der Waals surface area contributed by atoms with E-state index in [-0.39, 0.29) is 11.6 Å². The highest BCUT2D eigenvalue weighted by atomic mass is 19.1. The van der Waals surface area contributed by atoms with Gasteiger partial charge in [0, 0.05) is 51.2 Å². The van der Waals surface area contributed by atoms with Crippen molar-refractivity contribution in [2.75, 3.05) is 14.7 Å². The monoisotopic (exact) mass is 855 g/mol. The second-order valence-corrected chi connectivity index (χ2v) is 16.4. The van der Waals surface area contributed by atoms with Crippen molar-refractivity contribution in [2.24, 2.45) is 0 Å². The Hall–Kier alpha value is -8.54. The summed E-state index contributed by atoms with van der Waals surface area (Å²) in [6.45, 7) is 0. The molecule has 0 unspecified atom stereocenters. The van der Waals surface area contributed by atoms with E-state index < -0.39 is 5.41 Å². The van der Waals surface area contributed by atoms with Crippen LogP contribution in [0.1, 0.15) is 22.3 Å². The first-order valence-corrected chi connectivity index (χ1v) is 22.1. The van der Waals surface area contributed by atoms with Gasteiger partial charge in [-0.15, -0.1) is 0 Å². The molecule has 0 bridgehead atoms. The standard InChI is InChI=1S/C61H43F2N3/c62-46-35-31-44(32-36-46)61(45-33-37-47(63)38-34-45)59-30-14-13-29-57(59)58-43-56(39-40-60(58)61)66(54-27-15-25-52(41-54)64(48-17-5-1-6-18-48)49-19-7-2-8-20-49)55-28-16-26-53(42-55)65(50-21-9-3-10-22-50)51-23-11-4-12-24-51/h1-43H. The van der Waals surface area contributed by atoms with Gasteiger partial charge in [-0.3, -0.25) is 0 Å². The van der Waals surface area contributed by atoms with Gasteiger partial charge in [0.05, 0.1) is 5.41 Å². The van der Waals surface area contributed by atoms with E-state index in [2.05, 4.69) is 197 Å². The Morgan fingerprint density at radius 1 is 0.242 bits per heavy atom. The van der Waals surface area contributed by atoms with Gasteiger partial charge in [-0.05, 0) is 155 Å². The Bertz CT molecular complexity index is 3020. The lowest BCUT2D eigenvalue weighted by Crippen LogP contribution is -2.28. The van der Waals surface area contributed by atoms with Crippen LogP contribution >= 0.6 is 0 Å². The fraction of sp³-hybridized carbons (Fsp3) is 0.0164. The molecule has 10 aromatic rings. The van der Waals surface area contributed by atoms with Crippen LogP contribution < -0.4 is 14.7 Å². The number of benzene rings is 10. The minimum Gasteiger partial charge on any atom is -0.310 e. The van der Waals surface area contributed by atoms with Gasteiger partial charge in [-0.25, -0.2) is 8.78 Å². The third kappa shape index (κ3) is 7.17. The number of rotatable bonds is 11. The molecule has 10 aromatic carbocycles.